The molecule has 1 N–H and O–H groups in total. The summed E-state index contributed by atoms with van der Waals surface area (Å²) in [5, 5.41) is 2.56. The highest BCUT2D eigenvalue weighted by molar-refractivity contribution is 7.99. The summed E-state index contributed by atoms with van der Waals surface area (Å²) < 4.78 is 51.9. The number of para-hydroxylation sites is 1. The minimum atomic E-state index is -3.82. The first-order chi connectivity index (χ1) is 13.0. The lowest BCUT2D eigenvalue weighted by molar-refractivity contribution is 0.102. The van der Waals surface area contributed by atoms with Gasteiger partial charge in [-0.05, 0) is 44.2 Å². The Morgan fingerprint density at radius 2 is 1.82 bits per heavy atom. The largest absolute Gasteiger partial charge is 0.321 e. The molecule has 0 saturated heterocycles. The first kappa shape index (κ1) is 22.6. The molecule has 2 rings (SSSR count). The predicted molar refractivity (Wildman–Crippen MR) is 108 cm³/mol. The third-order valence-electron chi connectivity index (χ3n) is 3.94. The molecular formula is C18H19ClF2N2O3S2. The van der Waals surface area contributed by atoms with E-state index in [2.05, 4.69) is 5.32 Å². The Balaban J connectivity index is 2.38. The number of anilines is 1. The van der Waals surface area contributed by atoms with Crippen molar-refractivity contribution in [3.63, 3.8) is 0 Å². The van der Waals surface area contributed by atoms with Gasteiger partial charge in [-0.15, -0.1) is 0 Å². The van der Waals surface area contributed by atoms with Crippen molar-refractivity contribution in [3.05, 3.63) is 53.1 Å². The quantitative estimate of drug-likeness (QED) is 0.609. The zero-order valence-electron chi connectivity index (χ0n) is 15.3. The predicted octanol–water partition coefficient (Wildman–Crippen LogP) is 4.94. The molecule has 2 aromatic rings. The molecule has 0 unspecified atom stereocenters. The number of nitrogens with zero attached hydrogens (tertiary/aromatic N) is 1. The van der Waals surface area contributed by atoms with Crippen LogP contribution in [0, 0.1) is 0 Å². The summed E-state index contributed by atoms with van der Waals surface area (Å²) in [4.78, 5) is 12.8. The molecule has 0 aliphatic heterocycles. The maximum Gasteiger partial charge on any atom is 0.288 e. The number of nitrogens with one attached hydrogen (secondary N) is 1. The topological polar surface area (TPSA) is 66.5 Å². The summed E-state index contributed by atoms with van der Waals surface area (Å²) in [5.74, 6) is -3.35. The van der Waals surface area contributed by atoms with Gasteiger partial charge in [-0.3, -0.25) is 4.79 Å². The summed E-state index contributed by atoms with van der Waals surface area (Å²) in [7, 11) is -2.38. The molecule has 0 atom stereocenters. The van der Waals surface area contributed by atoms with E-state index < -0.39 is 21.7 Å². The maximum absolute atomic E-state index is 12.7. The first-order valence-corrected chi connectivity index (χ1v) is 10.9. The Hall–Kier alpha value is -1.68. The van der Waals surface area contributed by atoms with Gasteiger partial charge in [0.25, 0.3) is 11.7 Å². The number of sulfonamides is 1. The number of thioether (sulfide) groups is 1. The van der Waals surface area contributed by atoms with Crippen LogP contribution in [0.25, 0.3) is 0 Å². The molecule has 0 aliphatic rings. The second-order valence-corrected chi connectivity index (χ2v) is 9.52. The van der Waals surface area contributed by atoms with E-state index in [1.54, 1.807) is 26.0 Å². The smallest absolute Gasteiger partial charge is 0.288 e. The van der Waals surface area contributed by atoms with Crippen LogP contribution in [0.5, 0.6) is 0 Å². The highest BCUT2D eigenvalue weighted by Gasteiger charge is 2.25. The van der Waals surface area contributed by atoms with Gasteiger partial charge in [0.05, 0.1) is 21.2 Å². The van der Waals surface area contributed by atoms with Gasteiger partial charge in [0.2, 0.25) is 10.0 Å². The van der Waals surface area contributed by atoms with Crippen molar-refractivity contribution in [2.75, 3.05) is 12.4 Å². The fourth-order valence-corrected chi connectivity index (χ4v) is 4.43. The molecule has 0 aromatic heterocycles. The van der Waals surface area contributed by atoms with Gasteiger partial charge in [-0.25, -0.2) is 8.42 Å². The molecule has 10 heteroatoms. The molecule has 0 fully saturated rings. The second kappa shape index (κ2) is 9.21. The summed E-state index contributed by atoms with van der Waals surface area (Å²) in [6.07, 6.45) is 0. The van der Waals surface area contributed by atoms with Crippen LogP contribution in [0.15, 0.2) is 52.3 Å². The molecule has 0 heterocycles. The van der Waals surface area contributed by atoms with E-state index in [9.17, 15) is 22.0 Å². The molecule has 28 heavy (non-hydrogen) atoms. The van der Waals surface area contributed by atoms with Crippen molar-refractivity contribution >= 4 is 45.0 Å². The van der Waals surface area contributed by atoms with E-state index in [1.165, 1.54) is 41.7 Å². The lowest BCUT2D eigenvalue weighted by Crippen LogP contribution is -2.33. The van der Waals surface area contributed by atoms with Crippen LogP contribution in [0.4, 0.5) is 14.5 Å². The van der Waals surface area contributed by atoms with Crippen molar-refractivity contribution in [2.24, 2.45) is 0 Å². The van der Waals surface area contributed by atoms with E-state index in [0.717, 1.165) is 0 Å². The first-order valence-electron chi connectivity index (χ1n) is 8.16. The lowest BCUT2D eigenvalue weighted by Gasteiger charge is -2.21. The van der Waals surface area contributed by atoms with E-state index in [0.29, 0.717) is 11.8 Å². The number of amides is 1. The molecular weight excluding hydrogens is 430 g/mol. The summed E-state index contributed by atoms with van der Waals surface area (Å²) >= 11 is 6.38. The van der Waals surface area contributed by atoms with Crippen LogP contribution in [-0.4, -0.2) is 37.5 Å². The molecule has 0 saturated carbocycles. The fourth-order valence-electron chi connectivity index (χ4n) is 2.24. The van der Waals surface area contributed by atoms with Crippen molar-refractivity contribution in [2.45, 2.75) is 35.4 Å². The Bertz CT molecular complexity index is 969. The van der Waals surface area contributed by atoms with Gasteiger partial charge in [-0.2, -0.15) is 13.1 Å². The Kier molecular flexibility index (Phi) is 7.44. The van der Waals surface area contributed by atoms with Gasteiger partial charge >= 0.3 is 0 Å². The van der Waals surface area contributed by atoms with Gasteiger partial charge in [0.15, 0.2) is 0 Å². The summed E-state index contributed by atoms with van der Waals surface area (Å²) in [6.45, 7) is 3.44. The summed E-state index contributed by atoms with van der Waals surface area (Å²) in [6, 6.07) is 9.61. The molecule has 0 spiro atoms. The molecule has 152 valence electrons. The summed E-state index contributed by atoms with van der Waals surface area (Å²) in [5.41, 5.74) is 0.109. The van der Waals surface area contributed by atoms with Crippen LogP contribution in [0.2, 0.25) is 5.02 Å². The van der Waals surface area contributed by atoms with Crippen LogP contribution in [-0.2, 0) is 10.0 Å². The number of rotatable bonds is 7. The van der Waals surface area contributed by atoms with E-state index in [4.69, 9.17) is 11.6 Å². The lowest BCUT2D eigenvalue weighted by atomic mass is 10.2. The van der Waals surface area contributed by atoms with Crippen LogP contribution >= 0.6 is 23.4 Å². The van der Waals surface area contributed by atoms with Gasteiger partial charge in [0.1, 0.15) is 0 Å². The fraction of sp³-hybridized carbons (Fsp3) is 0.278. The van der Waals surface area contributed by atoms with Crippen LogP contribution < -0.4 is 5.32 Å². The van der Waals surface area contributed by atoms with Crippen molar-refractivity contribution in [3.8, 4) is 0 Å². The van der Waals surface area contributed by atoms with Gasteiger partial charge < -0.3 is 5.32 Å². The number of carbonyl (C=O) groups is 1. The minimum Gasteiger partial charge on any atom is -0.321 e. The molecule has 0 radical (unpaired) electrons. The Morgan fingerprint density at radius 3 is 2.43 bits per heavy atom. The van der Waals surface area contributed by atoms with Crippen LogP contribution in [0.1, 0.15) is 24.2 Å². The van der Waals surface area contributed by atoms with E-state index >= 15 is 0 Å². The van der Waals surface area contributed by atoms with Crippen molar-refractivity contribution in [1.82, 2.24) is 4.31 Å². The van der Waals surface area contributed by atoms with Gasteiger partial charge in [0, 0.05) is 18.0 Å². The van der Waals surface area contributed by atoms with Crippen molar-refractivity contribution in [1.29, 1.82) is 0 Å². The highest BCUT2D eigenvalue weighted by Crippen LogP contribution is 2.32. The second-order valence-electron chi connectivity index (χ2n) is 6.09. The molecule has 1 amide bonds. The third-order valence-corrected chi connectivity index (χ3v) is 7.09. The van der Waals surface area contributed by atoms with Crippen LogP contribution in [0.3, 0.4) is 0 Å². The number of alkyl halides is 2. The van der Waals surface area contributed by atoms with Crippen molar-refractivity contribution < 1.29 is 22.0 Å². The number of halogens is 3. The van der Waals surface area contributed by atoms with E-state index in [-0.39, 0.29) is 32.1 Å². The average molecular weight is 449 g/mol. The minimum absolute atomic E-state index is 0.0441. The number of hydrogen-bond donors (Lipinski definition) is 1. The molecule has 5 nitrogen and oxygen atoms in total. The maximum atomic E-state index is 12.7. The average Bonchev–Trinajstić information content (AvgIpc) is 2.62. The molecule has 2 aromatic carbocycles. The highest BCUT2D eigenvalue weighted by atomic mass is 35.5. The molecule has 0 aliphatic carbocycles. The standard InChI is InChI=1S/C18H19ClF2N2O3S2/c1-11(2)23(3)28(25,26)12-8-9-14(19)13(10-12)17(24)22-15-6-4-5-7-16(15)27-18(20)21/h4-11,18H,1-3H3,(H,22,24). The molecule has 0 bridgehead atoms. The zero-order chi connectivity index (χ0) is 21.1. The third kappa shape index (κ3) is 5.22. The Morgan fingerprint density at radius 1 is 1.18 bits per heavy atom. The van der Waals surface area contributed by atoms with E-state index in [1.807, 2.05) is 0 Å². The normalized spacial score (nSPS) is 12.0. The zero-order valence-corrected chi connectivity index (χ0v) is 17.7. The number of benzene rings is 2. The Labute approximate surface area is 172 Å². The SMILES string of the molecule is CC(C)N(C)S(=O)(=O)c1ccc(Cl)c(C(=O)Nc2ccccc2SC(F)F)c1. The number of carbonyl (C=O) groups excluding carboxylic acids is 1. The van der Waals surface area contributed by atoms with Gasteiger partial charge in [-0.1, -0.05) is 35.5 Å². The monoisotopic (exact) mass is 448 g/mol. The number of hydrogen-bond acceptors (Lipinski definition) is 4.